The zero-order chi connectivity index (χ0) is 26.8. The van der Waals surface area contributed by atoms with Crippen LogP contribution in [0.4, 0.5) is 0 Å². The fourth-order valence-corrected chi connectivity index (χ4v) is 6.05. The van der Waals surface area contributed by atoms with E-state index in [9.17, 15) is 5.11 Å². The van der Waals surface area contributed by atoms with E-state index in [1.165, 1.54) is 5.56 Å². The third-order valence-electron chi connectivity index (χ3n) is 7.85. The number of nitrogens with zero attached hydrogens (tertiary/aromatic N) is 8. The third kappa shape index (κ3) is 3.82. The molecule has 1 aliphatic heterocycles. The molecule has 6 heterocycles. The lowest BCUT2D eigenvalue weighted by Crippen LogP contribution is -2.28. The summed E-state index contributed by atoms with van der Waals surface area (Å²) in [5.41, 5.74) is 8.17. The summed E-state index contributed by atoms with van der Waals surface area (Å²) < 4.78 is 11.8. The fourth-order valence-electron chi connectivity index (χ4n) is 6.05. The largest absolute Gasteiger partial charge is 0.384 e. The number of aliphatic hydroxyl groups is 1. The van der Waals surface area contributed by atoms with Crippen LogP contribution in [0.2, 0.25) is 0 Å². The molecular formula is C28H34N8O2. The van der Waals surface area contributed by atoms with E-state index in [0.29, 0.717) is 11.6 Å². The van der Waals surface area contributed by atoms with E-state index >= 15 is 0 Å². The molecule has 0 saturated carbocycles. The number of hydrogen-bond donors (Lipinski definition) is 1. The van der Waals surface area contributed by atoms with Crippen LogP contribution >= 0.6 is 0 Å². The molecule has 1 atom stereocenters. The number of fused-ring (bicyclic) bond motifs is 3. The minimum atomic E-state index is -1.15. The van der Waals surface area contributed by atoms with E-state index in [1.54, 1.807) is 18.5 Å². The maximum Gasteiger partial charge on any atom is 0.118 e. The van der Waals surface area contributed by atoms with Gasteiger partial charge in [-0.3, -0.25) is 14.6 Å². The van der Waals surface area contributed by atoms with Crippen molar-refractivity contribution in [2.24, 2.45) is 20.0 Å². The number of pyridine rings is 2. The van der Waals surface area contributed by atoms with Crippen molar-refractivity contribution in [1.29, 1.82) is 0 Å². The van der Waals surface area contributed by atoms with Gasteiger partial charge in [0.15, 0.2) is 0 Å². The van der Waals surface area contributed by atoms with Crippen LogP contribution in [-0.4, -0.2) is 57.6 Å². The summed E-state index contributed by atoms with van der Waals surface area (Å²) in [6.07, 6.45) is 7.56. The number of aromatic nitrogens is 8. The van der Waals surface area contributed by atoms with E-state index in [4.69, 9.17) is 14.8 Å². The van der Waals surface area contributed by atoms with Crippen molar-refractivity contribution in [3.05, 3.63) is 53.2 Å². The van der Waals surface area contributed by atoms with Crippen LogP contribution in [0.1, 0.15) is 55.2 Å². The zero-order valence-electron chi connectivity index (χ0n) is 22.8. The average molecular weight is 515 g/mol. The summed E-state index contributed by atoms with van der Waals surface area (Å²) in [5, 5.41) is 24.6. The van der Waals surface area contributed by atoms with Gasteiger partial charge in [-0.2, -0.15) is 5.10 Å². The Balaban J connectivity index is 1.75. The molecule has 10 nitrogen and oxygen atoms in total. The summed E-state index contributed by atoms with van der Waals surface area (Å²) >= 11 is 0. The molecule has 0 amide bonds. The Morgan fingerprint density at radius 1 is 1.08 bits per heavy atom. The van der Waals surface area contributed by atoms with Gasteiger partial charge in [-0.15, -0.1) is 5.10 Å². The maximum absolute atomic E-state index is 11.3. The minimum absolute atomic E-state index is 0.0410. The van der Waals surface area contributed by atoms with Gasteiger partial charge in [0.1, 0.15) is 22.3 Å². The summed E-state index contributed by atoms with van der Waals surface area (Å²) in [5.74, 6) is 0.309. The maximum atomic E-state index is 11.3. The minimum Gasteiger partial charge on any atom is -0.384 e. The van der Waals surface area contributed by atoms with Gasteiger partial charge in [0.2, 0.25) is 0 Å². The van der Waals surface area contributed by atoms with Crippen LogP contribution in [0.15, 0.2) is 30.7 Å². The molecule has 1 aliphatic rings. The number of hydrogen-bond acceptors (Lipinski definition) is 7. The number of aryl methyl sites for hydroxylation is 4. The summed E-state index contributed by atoms with van der Waals surface area (Å²) in [6, 6.07) is 4.21. The second-order valence-corrected chi connectivity index (χ2v) is 11.0. The van der Waals surface area contributed by atoms with Gasteiger partial charge in [0.25, 0.3) is 0 Å². The molecule has 1 fully saturated rings. The second kappa shape index (κ2) is 8.99. The molecule has 0 aromatic carbocycles. The SMILES string of the molecule is Cc1ccncc1[C@H](C1CCOCC1)n1c2cc(-c3c(C)nnn3C)cnc2c2c1c(C(C)(C)O)nn2C. The molecule has 1 N–H and O–H groups in total. The Labute approximate surface area is 221 Å². The van der Waals surface area contributed by atoms with Gasteiger partial charge in [-0.05, 0) is 69.7 Å². The predicted molar refractivity (Wildman–Crippen MR) is 145 cm³/mol. The number of rotatable bonds is 5. The van der Waals surface area contributed by atoms with Crippen LogP contribution in [-0.2, 0) is 24.4 Å². The van der Waals surface area contributed by atoms with E-state index in [0.717, 1.165) is 70.6 Å². The van der Waals surface area contributed by atoms with Crippen molar-refractivity contribution in [1.82, 2.24) is 39.3 Å². The summed E-state index contributed by atoms with van der Waals surface area (Å²) in [6.45, 7) is 9.12. The van der Waals surface area contributed by atoms with Crippen LogP contribution in [0.25, 0.3) is 33.3 Å². The molecule has 0 spiro atoms. The Kier molecular flexibility index (Phi) is 5.84. The first-order chi connectivity index (χ1) is 18.2. The molecular weight excluding hydrogens is 480 g/mol. The second-order valence-electron chi connectivity index (χ2n) is 11.0. The van der Waals surface area contributed by atoms with Gasteiger partial charge in [-0.1, -0.05) is 5.21 Å². The molecule has 38 heavy (non-hydrogen) atoms. The molecule has 0 unspecified atom stereocenters. The highest BCUT2D eigenvalue weighted by atomic mass is 16.5. The summed E-state index contributed by atoms with van der Waals surface area (Å²) in [7, 11) is 3.82. The van der Waals surface area contributed by atoms with Crippen LogP contribution in [0.5, 0.6) is 0 Å². The van der Waals surface area contributed by atoms with Gasteiger partial charge >= 0.3 is 0 Å². The van der Waals surface area contributed by atoms with E-state index in [2.05, 4.69) is 38.9 Å². The normalized spacial score (nSPS) is 16.1. The standard InChI is InChI=1S/C28H34N8O2/c1-16-7-10-29-15-20(16)24(18-8-11-38-12-9-18)36-21-13-19(23-17(2)31-33-35(23)6)14-30-22(21)25-26(36)27(28(3,4)37)32-34(25)5/h7,10,13-15,18,24,37H,8-9,11-12H2,1-6H3/t24-/m0/s1. The Hall–Kier alpha value is -3.63. The van der Waals surface area contributed by atoms with Crippen molar-refractivity contribution < 1.29 is 9.84 Å². The van der Waals surface area contributed by atoms with Crippen molar-refractivity contribution in [2.75, 3.05) is 13.2 Å². The van der Waals surface area contributed by atoms with Crippen molar-refractivity contribution >= 4 is 22.1 Å². The quantitative estimate of drug-likeness (QED) is 0.378. The lowest BCUT2D eigenvalue weighted by molar-refractivity contribution is 0.0546. The lowest BCUT2D eigenvalue weighted by Gasteiger charge is -2.34. The Morgan fingerprint density at radius 3 is 2.50 bits per heavy atom. The highest BCUT2D eigenvalue weighted by Crippen LogP contribution is 2.44. The van der Waals surface area contributed by atoms with Crippen molar-refractivity contribution in [3.8, 4) is 11.3 Å². The molecule has 198 valence electrons. The predicted octanol–water partition coefficient (Wildman–Crippen LogP) is 3.97. The molecule has 5 aromatic rings. The zero-order valence-corrected chi connectivity index (χ0v) is 22.8. The van der Waals surface area contributed by atoms with E-state index in [-0.39, 0.29) is 6.04 Å². The highest BCUT2D eigenvalue weighted by molar-refractivity contribution is 6.06. The van der Waals surface area contributed by atoms with Crippen molar-refractivity contribution in [2.45, 2.75) is 52.2 Å². The van der Waals surface area contributed by atoms with Crippen LogP contribution < -0.4 is 0 Å². The van der Waals surface area contributed by atoms with E-state index < -0.39 is 5.60 Å². The highest BCUT2D eigenvalue weighted by Gasteiger charge is 2.36. The lowest BCUT2D eigenvalue weighted by atomic mass is 9.85. The number of ether oxygens (including phenoxy) is 1. The van der Waals surface area contributed by atoms with Gasteiger partial charge in [0.05, 0.1) is 28.5 Å². The molecule has 6 rings (SSSR count). The Morgan fingerprint density at radius 2 is 1.84 bits per heavy atom. The van der Waals surface area contributed by atoms with Gasteiger partial charge < -0.3 is 14.4 Å². The average Bonchev–Trinajstić information content (AvgIpc) is 3.52. The fraction of sp³-hybridized carbons (Fsp3) is 0.464. The van der Waals surface area contributed by atoms with Gasteiger partial charge in [0, 0.05) is 51.5 Å². The van der Waals surface area contributed by atoms with Crippen LogP contribution in [0, 0.1) is 19.8 Å². The van der Waals surface area contributed by atoms with Crippen LogP contribution in [0.3, 0.4) is 0 Å². The first-order valence-electron chi connectivity index (χ1n) is 13.1. The Bertz CT molecular complexity index is 1630. The first kappa shape index (κ1) is 24.7. The molecule has 0 aliphatic carbocycles. The smallest absolute Gasteiger partial charge is 0.118 e. The van der Waals surface area contributed by atoms with Crippen molar-refractivity contribution in [3.63, 3.8) is 0 Å². The monoisotopic (exact) mass is 514 g/mol. The molecule has 0 bridgehead atoms. The summed E-state index contributed by atoms with van der Waals surface area (Å²) in [4.78, 5) is 9.53. The topological polar surface area (TPSA) is 109 Å². The third-order valence-corrected chi connectivity index (χ3v) is 7.85. The molecule has 1 saturated heterocycles. The van der Waals surface area contributed by atoms with Gasteiger partial charge in [-0.25, -0.2) is 4.68 Å². The molecule has 0 radical (unpaired) electrons. The molecule has 10 heteroatoms. The molecule has 5 aromatic heterocycles. The van der Waals surface area contributed by atoms with E-state index in [1.807, 2.05) is 44.3 Å². The first-order valence-corrected chi connectivity index (χ1v) is 13.1.